The molecule has 1 fully saturated rings. The maximum absolute atomic E-state index is 12.7. The van der Waals surface area contributed by atoms with Crippen molar-refractivity contribution in [1.29, 1.82) is 0 Å². The van der Waals surface area contributed by atoms with Crippen LogP contribution in [0.3, 0.4) is 0 Å². The van der Waals surface area contributed by atoms with Crippen molar-refractivity contribution in [2.45, 2.75) is 32.2 Å². The van der Waals surface area contributed by atoms with Gasteiger partial charge in [0.05, 0.1) is 16.1 Å². The summed E-state index contributed by atoms with van der Waals surface area (Å²) in [6, 6.07) is 7.04. The Morgan fingerprint density at radius 3 is 2.79 bits per heavy atom. The minimum atomic E-state index is -0.184. The lowest BCUT2D eigenvalue weighted by Gasteiger charge is -2.33. The van der Waals surface area contributed by atoms with Crippen LogP contribution < -0.4 is 5.32 Å². The SMILES string of the molecule is C[C@H]1CCCCN1C(=O)c1ccc(NC(=O)c2ccsc2)cc1Cl. The standard InChI is InChI=1S/C18H19ClN2O2S/c1-12-4-2-3-8-21(12)18(23)15-6-5-14(10-16(15)19)20-17(22)13-7-9-24-11-13/h5-7,9-12H,2-4,8H2,1H3,(H,20,22)/t12-/m0/s1. The first kappa shape index (κ1) is 17.0. The molecular weight excluding hydrogens is 344 g/mol. The molecule has 1 aliphatic heterocycles. The molecule has 126 valence electrons. The summed E-state index contributed by atoms with van der Waals surface area (Å²) in [5.41, 5.74) is 1.68. The predicted octanol–water partition coefficient (Wildman–Crippen LogP) is 4.67. The lowest BCUT2D eigenvalue weighted by atomic mass is 10.0. The number of likely N-dealkylation sites (tertiary alicyclic amines) is 1. The van der Waals surface area contributed by atoms with Crippen LogP contribution in [0, 0.1) is 0 Å². The van der Waals surface area contributed by atoms with Gasteiger partial charge in [-0.3, -0.25) is 9.59 Å². The van der Waals surface area contributed by atoms with Crippen molar-refractivity contribution in [3.63, 3.8) is 0 Å². The van der Waals surface area contributed by atoms with Crippen molar-refractivity contribution in [3.8, 4) is 0 Å². The van der Waals surface area contributed by atoms with Gasteiger partial charge in [-0.15, -0.1) is 0 Å². The molecule has 4 nitrogen and oxygen atoms in total. The number of rotatable bonds is 3. The lowest BCUT2D eigenvalue weighted by Crippen LogP contribution is -2.42. The molecule has 6 heteroatoms. The normalized spacial score (nSPS) is 17.6. The van der Waals surface area contributed by atoms with E-state index in [2.05, 4.69) is 12.2 Å². The summed E-state index contributed by atoms with van der Waals surface area (Å²) in [5, 5.41) is 6.79. The molecule has 1 N–H and O–H groups in total. The Kier molecular flexibility index (Phi) is 5.21. The van der Waals surface area contributed by atoms with Gasteiger partial charge in [0.2, 0.25) is 0 Å². The number of anilines is 1. The lowest BCUT2D eigenvalue weighted by molar-refractivity contribution is 0.0635. The van der Waals surface area contributed by atoms with E-state index >= 15 is 0 Å². The number of carbonyl (C=O) groups excluding carboxylic acids is 2. The molecule has 2 heterocycles. The topological polar surface area (TPSA) is 49.4 Å². The number of hydrogen-bond acceptors (Lipinski definition) is 3. The fraction of sp³-hybridized carbons (Fsp3) is 0.333. The van der Waals surface area contributed by atoms with Gasteiger partial charge in [-0.25, -0.2) is 0 Å². The van der Waals surface area contributed by atoms with Crippen LogP contribution in [0.2, 0.25) is 5.02 Å². The summed E-state index contributed by atoms with van der Waals surface area (Å²) in [5.74, 6) is -0.223. The van der Waals surface area contributed by atoms with E-state index in [9.17, 15) is 9.59 Å². The molecule has 0 unspecified atom stereocenters. The van der Waals surface area contributed by atoms with Gasteiger partial charge in [0, 0.05) is 23.7 Å². The van der Waals surface area contributed by atoms with Gasteiger partial charge < -0.3 is 10.2 Å². The van der Waals surface area contributed by atoms with Crippen molar-refractivity contribution in [2.24, 2.45) is 0 Å². The van der Waals surface area contributed by atoms with E-state index in [-0.39, 0.29) is 17.9 Å². The van der Waals surface area contributed by atoms with Gasteiger partial charge in [-0.2, -0.15) is 11.3 Å². The highest BCUT2D eigenvalue weighted by Crippen LogP contribution is 2.26. The Balaban J connectivity index is 1.74. The number of amides is 2. The zero-order valence-electron chi connectivity index (χ0n) is 13.4. The molecule has 2 aromatic rings. The largest absolute Gasteiger partial charge is 0.336 e. The average molecular weight is 363 g/mol. The third-order valence-corrected chi connectivity index (χ3v) is 5.30. The van der Waals surface area contributed by atoms with Crippen LogP contribution >= 0.6 is 22.9 Å². The Morgan fingerprint density at radius 1 is 1.29 bits per heavy atom. The molecule has 0 spiro atoms. The Hall–Kier alpha value is -1.85. The van der Waals surface area contributed by atoms with E-state index in [0.717, 1.165) is 25.8 Å². The highest BCUT2D eigenvalue weighted by molar-refractivity contribution is 7.08. The quantitative estimate of drug-likeness (QED) is 0.862. The van der Waals surface area contributed by atoms with Crippen molar-refractivity contribution in [3.05, 3.63) is 51.2 Å². The van der Waals surface area contributed by atoms with Crippen molar-refractivity contribution < 1.29 is 9.59 Å². The van der Waals surface area contributed by atoms with Crippen molar-refractivity contribution >= 4 is 40.4 Å². The maximum Gasteiger partial charge on any atom is 0.256 e. The van der Waals surface area contributed by atoms with Gasteiger partial charge in [-0.1, -0.05) is 11.6 Å². The summed E-state index contributed by atoms with van der Waals surface area (Å²) in [6.45, 7) is 2.84. The van der Waals surface area contributed by atoms with E-state index in [1.807, 2.05) is 10.3 Å². The number of piperidine rings is 1. The zero-order valence-corrected chi connectivity index (χ0v) is 15.0. The van der Waals surface area contributed by atoms with E-state index in [1.165, 1.54) is 11.3 Å². The summed E-state index contributed by atoms with van der Waals surface area (Å²) < 4.78 is 0. The first-order valence-electron chi connectivity index (χ1n) is 8.00. The number of benzene rings is 1. The Labute approximate surface area is 150 Å². The molecule has 3 rings (SSSR count). The van der Waals surface area contributed by atoms with Gasteiger partial charge in [0.15, 0.2) is 0 Å². The number of nitrogens with zero attached hydrogens (tertiary/aromatic N) is 1. The molecule has 1 atom stereocenters. The third-order valence-electron chi connectivity index (χ3n) is 4.30. The molecule has 0 aliphatic carbocycles. The molecule has 1 aromatic carbocycles. The summed E-state index contributed by atoms with van der Waals surface area (Å²) in [4.78, 5) is 26.7. The zero-order chi connectivity index (χ0) is 17.1. The number of hydrogen-bond donors (Lipinski definition) is 1. The smallest absolute Gasteiger partial charge is 0.256 e. The molecule has 0 saturated carbocycles. The van der Waals surface area contributed by atoms with E-state index in [1.54, 1.807) is 29.6 Å². The first-order chi connectivity index (χ1) is 11.6. The molecule has 0 radical (unpaired) electrons. The second-order valence-electron chi connectivity index (χ2n) is 6.00. The van der Waals surface area contributed by atoms with Gasteiger partial charge in [0.25, 0.3) is 11.8 Å². The molecule has 1 aromatic heterocycles. The molecule has 0 bridgehead atoms. The first-order valence-corrected chi connectivity index (χ1v) is 9.32. The molecular formula is C18H19ClN2O2S. The van der Waals surface area contributed by atoms with E-state index in [0.29, 0.717) is 21.8 Å². The highest BCUT2D eigenvalue weighted by Gasteiger charge is 2.25. The highest BCUT2D eigenvalue weighted by atomic mass is 35.5. The number of carbonyl (C=O) groups is 2. The van der Waals surface area contributed by atoms with Crippen LogP contribution in [-0.4, -0.2) is 29.3 Å². The van der Waals surface area contributed by atoms with Gasteiger partial charge >= 0.3 is 0 Å². The Morgan fingerprint density at radius 2 is 2.12 bits per heavy atom. The van der Waals surface area contributed by atoms with Crippen LogP contribution in [0.15, 0.2) is 35.0 Å². The van der Waals surface area contributed by atoms with Crippen LogP contribution in [0.5, 0.6) is 0 Å². The van der Waals surface area contributed by atoms with E-state index < -0.39 is 0 Å². The number of nitrogens with one attached hydrogen (secondary N) is 1. The summed E-state index contributed by atoms with van der Waals surface area (Å²) in [6.07, 6.45) is 3.22. The van der Waals surface area contributed by atoms with Crippen molar-refractivity contribution in [1.82, 2.24) is 4.90 Å². The van der Waals surface area contributed by atoms with Crippen LogP contribution in [0.4, 0.5) is 5.69 Å². The number of halogens is 1. The summed E-state index contributed by atoms with van der Waals surface area (Å²) in [7, 11) is 0. The monoisotopic (exact) mass is 362 g/mol. The van der Waals surface area contributed by atoms with Gasteiger partial charge in [0.1, 0.15) is 0 Å². The van der Waals surface area contributed by atoms with Crippen LogP contribution in [0.1, 0.15) is 46.9 Å². The van der Waals surface area contributed by atoms with Crippen LogP contribution in [-0.2, 0) is 0 Å². The van der Waals surface area contributed by atoms with Gasteiger partial charge in [-0.05, 0) is 55.8 Å². The molecule has 24 heavy (non-hydrogen) atoms. The third kappa shape index (κ3) is 3.62. The average Bonchev–Trinajstić information content (AvgIpc) is 3.09. The van der Waals surface area contributed by atoms with Crippen molar-refractivity contribution in [2.75, 3.05) is 11.9 Å². The van der Waals surface area contributed by atoms with E-state index in [4.69, 9.17) is 11.6 Å². The van der Waals surface area contributed by atoms with Crippen LogP contribution in [0.25, 0.3) is 0 Å². The molecule has 2 amide bonds. The Bertz CT molecular complexity index is 745. The summed E-state index contributed by atoms with van der Waals surface area (Å²) >= 11 is 7.77. The fourth-order valence-electron chi connectivity index (χ4n) is 2.92. The minimum absolute atomic E-state index is 0.0390. The minimum Gasteiger partial charge on any atom is -0.336 e. The number of thiophene rings is 1. The second kappa shape index (κ2) is 7.36. The molecule has 1 aliphatic rings. The molecule has 1 saturated heterocycles. The fourth-order valence-corrected chi connectivity index (χ4v) is 3.82. The predicted molar refractivity (Wildman–Crippen MR) is 98.1 cm³/mol. The maximum atomic E-state index is 12.7. The second-order valence-corrected chi connectivity index (χ2v) is 7.19.